The van der Waals surface area contributed by atoms with E-state index in [9.17, 15) is 29.8 Å². The topological polar surface area (TPSA) is 169 Å². The molecule has 12 nitrogen and oxygen atoms in total. The number of amides is 2. The molecule has 0 radical (unpaired) electrons. The van der Waals surface area contributed by atoms with E-state index in [0.717, 1.165) is 19.3 Å². The third-order valence-corrected chi connectivity index (χ3v) is 4.82. The van der Waals surface area contributed by atoms with Crippen LogP contribution in [0.2, 0.25) is 0 Å². The zero-order valence-corrected chi connectivity index (χ0v) is 19.0. The predicted octanol–water partition coefficient (Wildman–Crippen LogP) is 3.83. The molecule has 0 aliphatic heterocycles. The van der Waals surface area contributed by atoms with Crippen molar-refractivity contribution >= 4 is 35.6 Å². The molecule has 0 saturated carbocycles. The SMILES string of the molecule is O=C(CCCCCCCC(=O)NN=Cc1ccc([N+](=O)[O-])cc1)NN=Cc1ccc([N+](=O)[O-])cc1. The van der Waals surface area contributed by atoms with Crippen molar-refractivity contribution in [3.63, 3.8) is 0 Å². The van der Waals surface area contributed by atoms with E-state index in [1.165, 1.54) is 36.7 Å². The van der Waals surface area contributed by atoms with Gasteiger partial charge in [0.2, 0.25) is 11.8 Å². The molecule has 0 bridgehead atoms. The van der Waals surface area contributed by atoms with Crippen molar-refractivity contribution < 1.29 is 19.4 Å². The molecule has 0 heterocycles. The van der Waals surface area contributed by atoms with Gasteiger partial charge in [0.15, 0.2) is 0 Å². The number of hydrogen-bond acceptors (Lipinski definition) is 8. The average Bonchev–Trinajstić information content (AvgIpc) is 2.84. The van der Waals surface area contributed by atoms with Crippen LogP contribution in [0, 0.1) is 20.2 Å². The van der Waals surface area contributed by atoms with Crippen molar-refractivity contribution in [3.05, 3.63) is 79.9 Å². The summed E-state index contributed by atoms with van der Waals surface area (Å²) in [5, 5.41) is 28.9. The number of hydrazone groups is 2. The Morgan fingerprint density at radius 3 is 1.34 bits per heavy atom. The van der Waals surface area contributed by atoms with Gasteiger partial charge in [0.05, 0.1) is 22.3 Å². The number of nitro benzene ring substituents is 2. The third kappa shape index (κ3) is 10.8. The second kappa shape index (κ2) is 14.6. The highest BCUT2D eigenvalue weighted by atomic mass is 16.6. The Balaban J connectivity index is 1.50. The molecule has 2 aromatic rings. The molecule has 184 valence electrons. The van der Waals surface area contributed by atoms with Gasteiger partial charge in [-0.25, -0.2) is 10.9 Å². The van der Waals surface area contributed by atoms with Crippen LogP contribution in [0.1, 0.15) is 56.1 Å². The molecule has 0 fully saturated rings. The largest absolute Gasteiger partial charge is 0.273 e. The maximum absolute atomic E-state index is 11.8. The predicted molar refractivity (Wildman–Crippen MR) is 130 cm³/mol. The minimum atomic E-state index is -0.487. The van der Waals surface area contributed by atoms with Crippen LogP contribution >= 0.6 is 0 Å². The first kappa shape index (κ1) is 26.8. The molecule has 2 N–H and O–H groups in total. The van der Waals surface area contributed by atoms with Crippen molar-refractivity contribution in [2.75, 3.05) is 0 Å². The molecular weight excluding hydrogens is 456 g/mol. The number of rotatable bonds is 14. The summed E-state index contributed by atoms with van der Waals surface area (Å²) in [6, 6.07) is 11.6. The summed E-state index contributed by atoms with van der Waals surface area (Å²) in [6.07, 6.45) is 7.48. The lowest BCUT2D eigenvalue weighted by Crippen LogP contribution is -2.17. The van der Waals surface area contributed by atoms with E-state index in [2.05, 4.69) is 21.1 Å². The van der Waals surface area contributed by atoms with Gasteiger partial charge in [0.1, 0.15) is 0 Å². The van der Waals surface area contributed by atoms with Crippen LogP contribution in [-0.2, 0) is 9.59 Å². The van der Waals surface area contributed by atoms with Crippen LogP contribution in [0.3, 0.4) is 0 Å². The summed E-state index contributed by atoms with van der Waals surface area (Å²) in [5.74, 6) is -0.429. The van der Waals surface area contributed by atoms with E-state index < -0.39 is 9.85 Å². The van der Waals surface area contributed by atoms with Crippen molar-refractivity contribution in [2.24, 2.45) is 10.2 Å². The summed E-state index contributed by atoms with van der Waals surface area (Å²) in [7, 11) is 0. The van der Waals surface area contributed by atoms with E-state index >= 15 is 0 Å². The first-order valence-electron chi connectivity index (χ1n) is 11.0. The Labute approximate surface area is 201 Å². The van der Waals surface area contributed by atoms with Crippen LogP contribution in [0.5, 0.6) is 0 Å². The standard InChI is InChI=1S/C23H26N6O6/c30-22(26-24-16-18-8-12-20(13-9-18)28(32)33)6-4-2-1-3-5-7-23(31)27-25-17-19-10-14-21(15-11-19)29(34)35/h8-17H,1-7H2,(H,26,30)(H,27,31). The second-order valence-electron chi connectivity index (χ2n) is 7.55. The van der Waals surface area contributed by atoms with Crippen LogP contribution in [0.4, 0.5) is 11.4 Å². The molecule has 2 rings (SSSR count). The fourth-order valence-corrected chi connectivity index (χ4v) is 2.94. The number of carbonyl (C=O) groups is 2. The van der Waals surface area contributed by atoms with Crippen molar-refractivity contribution in [1.29, 1.82) is 0 Å². The Morgan fingerprint density at radius 1 is 0.657 bits per heavy atom. The fraction of sp³-hybridized carbons (Fsp3) is 0.304. The molecule has 0 aliphatic carbocycles. The number of carbonyl (C=O) groups excluding carboxylic acids is 2. The molecule has 12 heteroatoms. The highest BCUT2D eigenvalue weighted by Crippen LogP contribution is 2.11. The number of nitrogens with one attached hydrogen (secondary N) is 2. The summed E-state index contributed by atoms with van der Waals surface area (Å²) >= 11 is 0. The van der Waals surface area contributed by atoms with Gasteiger partial charge in [0.25, 0.3) is 11.4 Å². The minimum absolute atomic E-state index is 0.0139. The van der Waals surface area contributed by atoms with Crippen LogP contribution in [0.15, 0.2) is 58.7 Å². The van der Waals surface area contributed by atoms with E-state index in [0.29, 0.717) is 36.8 Å². The van der Waals surface area contributed by atoms with E-state index in [1.54, 1.807) is 24.3 Å². The Hall–Kier alpha value is -4.48. The molecule has 0 atom stereocenters. The van der Waals surface area contributed by atoms with Gasteiger partial charge in [-0.15, -0.1) is 0 Å². The summed E-state index contributed by atoms with van der Waals surface area (Å²) < 4.78 is 0. The smallest absolute Gasteiger partial charge is 0.269 e. The van der Waals surface area contributed by atoms with E-state index in [-0.39, 0.29) is 23.2 Å². The van der Waals surface area contributed by atoms with Crippen molar-refractivity contribution in [1.82, 2.24) is 10.9 Å². The quantitative estimate of drug-likeness (QED) is 0.179. The van der Waals surface area contributed by atoms with Gasteiger partial charge in [-0.3, -0.25) is 29.8 Å². The number of benzene rings is 2. The molecule has 35 heavy (non-hydrogen) atoms. The lowest BCUT2D eigenvalue weighted by atomic mass is 10.1. The Bertz CT molecular complexity index is 981. The molecule has 0 saturated heterocycles. The second-order valence-corrected chi connectivity index (χ2v) is 7.55. The number of nitrogens with zero attached hydrogens (tertiary/aromatic N) is 4. The lowest BCUT2D eigenvalue weighted by molar-refractivity contribution is -0.385. The number of non-ortho nitro benzene ring substituents is 2. The highest BCUT2D eigenvalue weighted by Gasteiger charge is 2.05. The summed E-state index contributed by atoms with van der Waals surface area (Å²) in [6.45, 7) is 0. The first-order chi connectivity index (χ1) is 16.8. The lowest BCUT2D eigenvalue weighted by Gasteiger charge is -2.02. The normalized spacial score (nSPS) is 11.0. The minimum Gasteiger partial charge on any atom is -0.273 e. The zero-order chi connectivity index (χ0) is 25.5. The maximum atomic E-state index is 11.8. The fourth-order valence-electron chi connectivity index (χ4n) is 2.94. The van der Waals surface area contributed by atoms with Gasteiger partial charge < -0.3 is 0 Å². The third-order valence-electron chi connectivity index (χ3n) is 4.82. The van der Waals surface area contributed by atoms with Gasteiger partial charge in [-0.05, 0) is 48.2 Å². The van der Waals surface area contributed by atoms with E-state index in [1.807, 2.05) is 0 Å². The van der Waals surface area contributed by atoms with Crippen LogP contribution < -0.4 is 10.9 Å². The van der Waals surface area contributed by atoms with Crippen LogP contribution in [0.25, 0.3) is 0 Å². The van der Waals surface area contributed by atoms with Gasteiger partial charge in [0, 0.05) is 37.1 Å². The molecule has 0 unspecified atom stereocenters. The number of hydrogen-bond donors (Lipinski definition) is 2. The monoisotopic (exact) mass is 482 g/mol. The Kier molecular flexibility index (Phi) is 11.2. The van der Waals surface area contributed by atoms with Gasteiger partial charge in [-0.2, -0.15) is 10.2 Å². The van der Waals surface area contributed by atoms with Crippen molar-refractivity contribution in [2.45, 2.75) is 44.9 Å². The highest BCUT2D eigenvalue weighted by molar-refractivity contribution is 5.83. The van der Waals surface area contributed by atoms with Crippen LogP contribution in [-0.4, -0.2) is 34.1 Å². The van der Waals surface area contributed by atoms with Gasteiger partial charge in [-0.1, -0.05) is 19.3 Å². The molecule has 2 amide bonds. The molecule has 0 aromatic heterocycles. The average molecular weight is 482 g/mol. The number of unbranched alkanes of at least 4 members (excludes halogenated alkanes) is 4. The zero-order valence-electron chi connectivity index (χ0n) is 19.0. The Morgan fingerprint density at radius 2 is 1.00 bits per heavy atom. The number of nitro groups is 2. The molecule has 2 aromatic carbocycles. The maximum Gasteiger partial charge on any atom is 0.269 e. The van der Waals surface area contributed by atoms with E-state index in [4.69, 9.17) is 0 Å². The van der Waals surface area contributed by atoms with Crippen molar-refractivity contribution in [3.8, 4) is 0 Å². The molecule has 0 spiro atoms. The summed E-state index contributed by atoms with van der Waals surface area (Å²) in [4.78, 5) is 43.8. The summed E-state index contributed by atoms with van der Waals surface area (Å²) in [5.41, 5.74) is 6.09. The molecular formula is C23H26N6O6. The molecule has 0 aliphatic rings. The first-order valence-corrected chi connectivity index (χ1v) is 11.0. The van der Waals surface area contributed by atoms with Gasteiger partial charge >= 0.3 is 0 Å².